The number of nitrogens with one attached hydrogen (secondary N) is 1. The molecule has 0 fully saturated rings. The van der Waals surface area contributed by atoms with Gasteiger partial charge in [-0.25, -0.2) is 9.50 Å². The van der Waals surface area contributed by atoms with E-state index >= 15 is 0 Å². The fourth-order valence-electron chi connectivity index (χ4n) is 1.31. The highest BCUT2D eigenvalue weighted by Gasteiger charge is 2.12. The highest BCUT2D eigenvalue weighted by Crippen LogP contribution is 2.21. The summed E-state index contributed by atoms with van der Waals surface area (Å²) in [5.74, 6) is -0.0356. The number of amides is 1. The van der Waals surface area contributed by atoms with Gasteiger partial charge in [-0.05, 0) is 6.92 Å². The molecule has 0 aliphatic rings. The summed E-state index contributed by atoms with van der Waals surface area (Å²) in [4.78, 5) is 18.2. The highest BCUT2D eigenvalue weighted by atomic mass is 32.1. The molecule has 0 saturated heterocycles. The topological polar surface area (TPSA) is 62.5 Å². The van der Waals surface area contributed by atoms with Crippen LogP contribution in [0.4, 0.5) is 5.13 Å². The number of fused-ring (bicyclic) bond motifs is 1. The van der Waals surface area contributed by atoms with Gasteiger partial charge in [0.05, 0.1) is 18.4 Å². The summed E-state index contributed by atoms with van der Waals surface area (Å²) < 4.78 is 1.73. The van der Waals surface area contributed by atoms with Gasteiger partial charge in [-0.1, -0.05) is 11.3 Å². The van der Waals surface area contributed by atoms with Crippen LogP contribution in [-0.4, -0.2) is 41.1 Å². The molecule has 2 rings (SSSR count). The summed E-state index contributed by atoms with van der Waals surface area (Å²) in [5, 5.41) is 7.70. The minimum Gasteiger partial charge on any atom is -0.358 e. The Hall–Kier alpha value is -1.63. The van der Waals surface area contributed by atoms with Crippen molar-refractivity contribution in [1.82, 2.24) is 19.9 Å². The van der Waals surface area contributed by atoms with Crippen molar-refractivity contribution in [3.05, 3.63) is 11.9 Å². The minimum absolute atomic E-state index is 0.0356. The summed E-state index contributed by atoms with van der Waals surface area (Å²) in [6.07, 6.45) is 1.86. The van der Waals surface area contributed by atoms with Crippen LogP contribution in [-0.2, 0) is 4.79 Å². The third-order valence-corrected chi connectivity index (χ3v) is 3.18. The summed E-state index contributed by atoms with van der Waals surface area (Å²) in [6, 6.07) is 0. The molecule has 0 bridgehead atoms. The molecule has 86 valence electrons. The minimum atomic E-state index is -0.0356. The van der Waals surface area contributed by atoms with Gasteiger partial charge in [0.25, 0.3) is 0 Å². The number of carbonyl (C=O) groups is 1. The van der Waals surface area contributed by atoms with Gasteiger partial charge < -0.3 is 10.2 Å². The number of aromatic nitrogens is 3. The molecule has 1 amide bonds. The Balaban J connectivity index is 2.19. The first kappa shape index (κ1) is 10.9. The van der Waals surface area contributed by atoms with Crippen LogP contribution in [0.25, 0.3) is 4.96 Å². The molecule has 0 atom stereocenters. The van der Waals surface area contributed by atoms with Crippen LogP contribution in [0, 0.1) is 6.92 Å². The van der Waals surface area contributed by atoms with E-state index in [0.29, 0.717) is 6.54 Å². The lowest BCUT2D eigenvalue weighted by molar-refractivity contribution is -0.119. The van der Waals surface area contributed by atoms with Crippen molar-refractivity contribution >= 4 is 27.3 Å². The van der Waals surface area contributed by atoms with Gasteiger partial charge in [0.15, 0.2) is 0 Å². The van der Waals surface area contributed by atoms with Crippen molar-refractivity contribution in [2.45, 2.75) is 6.92 Å². The Morgan fingerprint density at radius 1 is 1.69 bits per heavy atom. The van der Waals surface area contributed by atoms with E-state index in [0.717, 1.165) is 15.8 Å². The second-order valence-corrected chi connectivity index (χ2v) is 4.46. The summed E-state index contributed by atoms with van der Waals surface area (Å²) in [5.41, 5.74) is 0.944. The van der Waals surface area contributed by atoms with E-state index in [1.165, 1.54) is 11.3 Å². The van der Waals surface area contributed by atoms with Gasteiger partial charge in [0.1, 0.15) is 0 Å². The normalized spacial score (nSPS) is 10.7. The van der Waals surface area contributed by atoms with Crippen molar-refractivity contribution in [3.8, 4) is 0 Å². The third kappa shape index (κ3) is 1.99. The number of hydrogen-bond acceptors (Lipinski definition) is 5. The summed E-state index contributed by atoms with van der Waals surface area (Å²) >= 11 is 1.47. The van der Waals surface area contributed by atoms with Gasteiger partial charge in [0.2, 0.25) is 16.0 Å². The zero-order valence-corrected chi connectivity index (χ0v) is 10.2. The maximum Gasteiger partial charge on any atom is 0.239 e. The van der Waals surface area contributed by atoms with Crippen molar-refractivity contribution in [2.75, 3.05) is 25.5 Å². The maximum absolute atomic E-state index is 11.2. The van der Waals surface area contributed by atoms with E-state index in [1.54, 1.807) is 16.5 Å². The summed E-state index contributed by atoms with van der Waals surface area (Å²) in [7, 11) is 3.45. The SMILES string of the molecule is CNC(=O)CN(C)c1nn2cc(C)nc2s1. The molecule has 7 heteroatoms. The van der Waals surface area contributed by atoms with E-state index in [4.69, 9.17) is 0 Å². The maximum atomic E-state index is 11.2. The molecule has 0 aromatic carbocycles. The van der Waals surface area contributed by atoms with Crippen molar-refractivity contribution < 1.29 is 4.79 Å². The van der Waals surface area contributed by atoms with Crippen LogP contribution in [0.15, 0.2) is 6.20 Å². The second kappa shape index (κ2) is 4.09. The van der Waals surface area contributed by atoms with Crippen LogP contribution in [0.5, 0.6) is 0 Å². The number of likely N-dealkylation sites (N-methyl/N-ethyl adjacent to an activating group) is 2. The fourth-order valence-corrected chi connectivity index (χ4v) is 2.20. The van der Waals surface area contributed by atoms with Gasteiger partial charge in [0, 0.05) is 14.1 Å². The quantitative estimate of drug-likeness (QED) is 0.835. The zero-order chi connectivity index (χ0) is 11.7. The first-order valence-corrected chi connectivity index (χ1v) is 5.66. The van der Waals surface area contributed by atoms with Crippen LogP contribution in [0.1, 0.15) is 5.69 Å². The molecule has 16 heavy (non-hydrogen) atoms. The van der Waals surface area contributed by atoms with Crippen molar-refractivity contribution in [2.24, 2.45) is 0 Å². The Kier molecular flexibility index (Phi) is 2.78. The number of carbonyl (C=O) groups excluding carboxylic acids is 1. The van der Waals surface area contributed by atoms with Crippen molar-refractivity contribution in [3.63, 3.8) is 0 Å². The van der Waals surface area contributed by atoms with E-state index < -0.39 is 0 Å². The highest BCUT2D eigenvalue weighted by molar-refractivity contribution is 7.20. The Morgan fingerprint density at radius 2 is 2.44 bits per heavy atom. The number of anilines is 1. The molecule has 1 N–H and O–H groups in total. The predicted molar refractivity (Wildman–Crippen MR) is 62.9 cm³/mol. The lowest BCUT2D eigenvalue weighted by Crippen LogP contribution is -2.32. The predicted octanol–water partition coefficient (Wildman–Crippen LogP) is 0.281. The first-order valence-electron chi connectivity index (χ1n) is 4.84. The molecule has 6 nitrogen and oxygen atoms in total. The first-order chi connectivity index (χ1) is 7.60. The van der Waals surface area contributed by atoms with Gasteiger partial charge in [-0.3, -0.25) is 4.79 Å². The summed E-state index contributed by atoms with van der Waals surface area (Å²) in [6.45, 7) is 2.22. The van der Waals surface area contributed by atoms with Gasteiger partial charge in [-0.2, -0.15) is 0 Å². The smallest absolute Gasteiger partial charge is 0.239 e. The average molecular weight is 239 g/mol. The molecule has 0 aliphatic carbocycles. The molecule has 0 unspecified atom stereocenters. The van der Waals surface area contributed by atoms with E-state index in [1.807, 2.05) is 20.2 Å². The van der Waals surface area contributed by atoms with Gasteiger partial charge >= 0.3 is 0 Å². The molecule has 2 aromatic rings. The lowest BCUT2D eigenvalue weighted by atomic mass is 10.5. The number of imidazole rings is 1. The Morgan fingerprint density at radius 3 is 3.06 bits per heavy atom. The van der Waals surface area contributed by atoms with Crippen LogP contribution >= 0.6 is 11.3 Å². The molecular weight excluding hydrogens is 226 g/mol. The molecule has 0 spiro atoms. The second-order valence-electron chi connectivity index (χ2n) is 3.52. The lowest BCUT2D eigenvalue weighted by Gasteiger charge is -2.12. The zero-order valence-electron chi connectivity index (χ0n) is 9.39. The fraction of sp³-hybridized carbons (Fsp3) is 0.444. The largest absolute Gasteiger partial charge is 0.358 e. The Bertz CT molecular complexity index is 485. The third-order valence-electron chi connectivity index (χ3n) is 2.14. The van der Waals surface area contributed by atoms with Crippen LogP contribution < -0.4 is 10.2 Å². The number of hydrogen-bond donors (Lipinski definition) is 1. The van der Waals surface area contributed by atoms with E-state index in [9.17, 15) is 4.79 Å². The van der Waals surface area contributed by atoms with Gasteiger partial charge in [-0.15, -0.1) is 5.10 Å². The molecule has 0 saturated carbocycles. The van der Waals surface area contributed by atoms with Crippen molar-refractivity contribution in [1.29, 1.82) is 0 Å². The van der Waals surface area contributed by atoms with E-state index in [-0.39, 0.29) is 5.91 Å². The number of rotatable bonds is 3. The number of nitrogens with zero attached hydrogens (tertiary/aromatic N) is 4. The molecule has 0 radical (unpaired) electrons. The van der Waals surface area contributed by atoms with E-state index in [2.05, 4.69) is 15.4 Å². The monoisotopic (exact) mass is 239 g/mol. The standard InChI is InChI=1S/C9H13N5OS/c1-6-4-14-8(11-6)16-9(12-14)13(3)5-7(15)10-2/h4H,5H2,1-3H3,(H,10,15). The molecule has 0 aliphatic heterocycles. The average Bonchev–Trinajstić information content (AvgIpc) is 2.74. The number of aryl methyl sites for hydroxylation is 1. The van der Waals surface area contributed by atoms with Crippen LogP contribution in [0.3, 0.4) is 0 Å². The molecule has 2 heterocycles. The molecule has 2 aromatic heterocycles. The molecular formula is C9H13N5OS. The van der Waals surface area contributed by atoms with Crippen LogP contribution in [0.2, 0.25) is 0 Å². The Labute approximate surface area is 96.9 Å².